The van der Waals surface area contributed by atoms with Crippen molar-refractivity contribution in [2.45, 2.75) is 27.3 Å². The number of alkyl halides is 1. The van der Waals surface area contributed by atoms with Crippen LogP contribution in [0.4, 0.5) is 11.6 Å². The monoisotopic (exact) mass is 734 g/mol. The Kier molecular flexibility index (Phi) is 9.93. The zero-order chi connectivity index (χ0) is 21.4. The van der Waals surface area contributed by atoms with Crippen LogP contribution in [0.1, 0.15) is 20.8 Å². The van der Waals surface area contributed by atoms with Gasteiger partial charge in [0.2, 0.25) is 0 Å². The number of aryl methyl sites for hydroxylation is 1. The number of fused-ring (bicyclic) bond motifs is 2. The number of hydrogen-bond donors (Lipinski definition) is 3. The van der Waals surface area contributed by atoms with E-state index in [4.69, 9.17) is 5.73 Å². The van der Waals surface area contributed by atoms with Gasteiger partial charge in [0.15, 0.2) is 11.3 Å². The number of nitrogen functional groups attached to an aromatic ring is 1. The van der Waals surface area contributed by atoms with Gasteiger partial charge in [0.1, 0.15) is 31.7 Å². The van der Waals surface area contributed by atoms with Crippen LogP contribution in [0.15, 0.2) is 12.7 Å². The molecule has 0 fully saturated rings. The van der Waals surface area contributed by atoms with E-state index < -0.39 is 0 Å². The van der Waals surface area contributed by atoms with Crippen LogP contribution in [-0.2, 0) is 6.54 Å². The fraction of sp³-hybridized carbons (Fsp3) is 0.375. The predicted molar refractivity (Wildman–Crippen MR) is 141 cm³/mol. The van der Waals surface area contributed by atoms with E-state index >= 15 is 0 Å². The number of aromatic amines is 1. The summed E-state index contributed by atoms with van der Waals surface area (Å²) in [5.74, 6) is 1.33. The molecule has 0 bridgehead atoms. The zero-order valence-electron chi connectivity index (χ0n) is 16.1. The Bertz CT molecular complexity index is 1060. The Labute approximate surface area is 209 Å². The minimum Gasteiger partial charge on any atom is -0.383 e. The predicted octanol–water partition coefficient (Wildman–Crippen LogP) is 3.86. The van der Waals surface area contributed by atoms with Crippen LogP contribution in [-0.4, -0.2) is 50.9 Å². The molecule has 0 unspecified atom stereocenters. The standard InChI is InChI=1S/C9H12IN5.C5H4IN5.C2H5I/c1-3-11-8-6-7(10)14-15(4-2)9(6)13-5-12-8;6-3-2-4(7)8-1-9-5(2)11-10-3;1-2-3/h5H,3-4H2,1-2H3,(H,11,12,13);1H,(H3,7,8,9,10,11);2H2,1H3. The number of hydrogen-bond acceptors (Lipinski definition) is 8. The normalized spacial score (nSPS) is 10.3. The van der Waals surface area contributed by atoms with E-state index in [-0.39, 0.29) is 0 Å². The molecule has 0 spiro atoms. The number of H-pyrrole nitrogens is 1. The molecule has 4 aromatic rings. The smallest absolute Gasteiger partial charge is 0.187 e. The van der Waals surface area contributed by atoms with Crippen molar-refractivity contribution < 1.29 is 0 Å². The lowest BCUT2D eigenvalue weighted by molar-refractivity contribution is 0.671. The average Bonchev–Trinajstić information content (AvgIpc) is 3.25. The fourth-order valence-corrected chi connectivity index (χ4v) is 3.73. The Morgan fingerprint density at radius 2 is 1.76 bits per heavy atom. The van der Waals surface area contributed by atoms with Crippen molar-refractivity contribution in [2.24, 2.45) is 0 Å². The van der Waals surface area contributed by atoms with Crippen LogP contribution < -0.4 is 11.1 Å². The minimum atomic E-state index is 0.466. The Hall–Kier alpha value is -1.11. The third-order valence-electron chi connectivity index (χ3n) is 3.47. The van der Waals surface area contributed by atoms with Crippen LogP contribution in [0.5, 0.6) is 0 Å². The first-order chi connectivity index (χ1) is 14.0. The first-order valence-corrected chi connectivity index (χ1v) is 12.4. The molecule has 4 aromatic heterocycles. The van der Waals surface area contributed by atoms with Crippen LogP contribution in [0.25, 0.3) is 22.1 Å². The van der Waals surface area contributed by atoms with E-state index in [0.717, 1.165) is 42.7 Å². The van der Waals surface area contributed by atoms with E-state index in [1.807, 2.05) is 11.6 Å². The molecular weight excluding hydrogens is 713 g/mol. The molecule has 0 radical (unpaired) electrons. The second-order valence-corrected chi connectivity index (χ2v) is 8.95. The summed E-state index contributed by atoms with van der Waals surface area (Å²) in [6, 6.07) is 0. The van der Waals surface area contributed by atoms with Crippen LogP contribution in [0.3, 0.4) is 0 Å². The highest BCUT2D eigenvalue weighted by Crippen LogP contribution is 2.24. The molecule has 29 heavy (non-hydrogen) atoms. The zero-order valence-corrected chi connectivity index (χ0v) is 22.6. The molecule has 0 amide bonds. The van der Waals surface area contributed by atoms with Crippen molar-refractivity contribution in [1.29, 1.82) is 0 Å². The van der Waals surface area contributed by atoms with Gasteiger partial charge in [-0.15, -0.1) is 0 Å². The summed E-state index contributed by atoms with van der Waals surface area (Å²) in [6.07, 6.45) is 2.97. The Balaban J connectivity index is 0.000000189. The molecule has 13 heteroatoms. The summed E-state index contributed by atoms with van der Waals surface area (Å²) in [6.45, 7) is 7.88. The molecule has 0 saturated carbocycles. The van der Waals surface area contributed by atoms with Crippen LogP contribution in [0, 0.1) is 7.40 Å². The van der Waals surface area contributed by atoms with E-state index in [1.165, 1.54) is 10.8 Å². The summed E-state index contributed by atoms with van der Waals surface area (Å²) in [4.78, 5) is 16.3. The van der Waals surface area contributed by atoms with Crippen LogP contribution >= 0.6 is 67.8 Å². The van der Waals surface area contributed by atoms with Crippen molar-refractivity contribution in [3.05, 3.63) is 20.1 Å². The number of rotatable bonds is 3. The lowest BCUT2D eigenvalue weighted by atomic mass is 10.4. The van der Waals surface area contributed by atoms with Gasteiger partial charge in [0.05, 0.1) is 10.8 Å². The summed E-state index contributed by atoms with van der Waals surface area (Å²) >= 11 is 6.60. The Morgan fingerprint density at radius 1 is 1.07 bits per heavy atom. The summed E-state index contributed by atoms with van der Waals surface area (Å²) in [7, 11) is 0. The van der Waals surface area contributed by atoms with Gasteiger partial charge in [0, 0.05) is 13.1 Å². The second-order valence-electron chi connectivity index (χ2n) is 5.32. The van der Waals surface area contributed by atoms with Crippen LogP contribution in [0.2, 0.25) is 0 Å². The number of aromatic nitrogens is 8. The third kappa shape index (κ3) is 5.96. The molecule has 0 saturated heterocycles. The van der Waals surface area contributed by atoms with E-state index in [2.05, 4.69) is 122 Å². The topological polar surface area (TPSA) is 136 Å². The van der Waals surface area contributed by atoms with Gasteiger partial charge in [-0.25, -0.2) is 24.6 Å². The number of anilines is 2. The largest absolute Gasteiger partial charge is 0.383 e. The average molecular weight is 734 g/mol. The molecule has 0 atom stereocenters. The lowest BCUT2D eigenvalue weighted by Gasteiger charge is -2.02. The maximum atomic E-state index is 5.59. The fourth-order valence-electron chi connectivity index (χ4n) is 2.33. The van der Waals surface area contributed by atoms with Gasteiger partial charge in [-0.05, 0) is 63.5 Å². The second kappa shape index (κ2) is 11.9. The van der Waals surface area contributed by atoms with Gasteiger partial charge in [-0.1, -0.05) is 29.5 Å². The van der Waals surface area contributed by atoms with Gasteiger partial charge in [0.25, 0.3) is 0 Å². The van der Waals surface area contributed by atoms with Gasteiger partial charge < -0.3 is 11.1 Å². The minimum absolute atomic E-state index is 0.466. The maximum Gasteiger partial charge on any atom is 0.187 e. The summed E-state index contributed by atoms with van der Waals surface area (Å²) in [5, 5.41) is 16.1. The third-order valence-corrected chi connectivity index (χ3v) is 5.00. The lowest BCUT2D eigenvalue weighted by Crippen LogP contribution is -2.01. The number of nitrogens with one attached hydrogen (secondary N) is 2. The molecule has 4 heterocycles. The molecule has 0 aliphatic heterocycles. The van der Waals surface area contributed by atoms with Crippen molar-refractivity contribution in [1.82, 2.24) is 39.9 Å². The highest BCUT2D eigenvalue weighted by atomic mass is 127. The molecule has 0 aromatic carbocycles. The molecule has 0 aliphatic carbocycles. The van der Waals surface area contributed by atoms with Crippen molar-refractivity contribution in [3.8, 4) is 0 Å². The van der Waals surface area contributed by atoms with E-state index in [1.54, 1.807) is 6.33 Å². The highest BCUT2D eigenvalue weighted by molar-refractivity contribution is 14.1. The van der Waals surface area contributed by atoms with Gasteiger partial charge in [-0.2, -0.15) is 10.2 Å². The SMILES string of the molecule is CCI.CCNc1ncnc2c1c(I)nn2CC.Nc1ncnc2n[nH]c(I)c12. The first-order valence-electron chi connectivity index (χ1n) is 8.75. The summed E-state index contributed by atoms with van der Waals surface area (Å²) in [5.41, 5.74) is 7.09. The number of halogens is 3. The van der Waals surface area contributed by atoms with Crippen molar-refractivity contribution in [2.75, 3.05) is 22.0 Å². The quantitative estimate of drug-likeness (QED) is 0.214. The number of nitrogens with zero attached hydrogens (tertiary/aromatic N) is 7. The van der Waals surface area contributed by atoms with Gasteiger partial charge >= 0.3 is 0 Å². The van der Waals surface area contributed by atoms with Gasteiger partial charge in [-0.3, -0.25) is 5.10 Å². The molecular formula is C16H21I3N10. The number of nitrogens with two attached hydrogens (primary N) is 1. The maximum absolute atomic E-state index is 5.59. The molecule has 0 aliphatic rings. The molecule has 10 nitrogen and oxygen atoms in total. The summed E-state index contributed by atoms with van der Waals surface area (Å²) < 4.78 is 4.92. The Morgan fingerprint density at radius 3 is 2.38 bits per heavy atom. The first kappa shape index (κ1) is 24.2. The highest BCUT2D eigenvalue weighted by Gasteiger charge is 2.13. The van der Waals surface area contributed by atoms with Crippen molar-refractivity contribution in [3.63, 3.8) is 0 Å². The molecule has 4 N–H and O–H groups in total. The molecule has 4 rings (SSSR count). The van der Waals surface area contributed by atoms with E-state index in [0.29, 0.717) is 11.5 Å². The van der Waals surface area contributed by atoms with E-state index in [9.17, 15) is 0 Å². The molecule has 156 valence electrons. The van der Waals surface area contributed by atoms with Crippen molar-refractivity contribution >= 4 is 101 Å².